The molecule has 0 spiro atoms. The third kappa shape index (κ3) is 43.1. The number of Topliss-reactive ketones (excluding diaryl/α,β-unsaturated/α-hetero) is 1. The van der Waals surface area contributed by atoms with Gasteiger partial charge in [-0.1, -0.05) is 239 Å². The number of hydrogen-bond acceptors (Lipinski definition) is 13. The summed E-state index contributed by atoms with van der Waals surface area (Å²) in [5, 5.41) is 18.2. The van der Waals surface area contributed by atoms with E-state index in [1.165, 1.54) is 77.0 Å². The van der Waals surface area contributed by atoms with Crippen LogP contribution in [0.4, 0.5) is 0 Å². The predicted octanol–water partition coefficient (Wildman–Crippen LogP) is 17.1. The smallest absolute Gasteiger partial charge is 0.388 e. The lowest BCUT2D eigenvalue weighted by Crippen LogP contribution is -2.67. The standard InChI is InChI=1S/C71H134N2O16P2/c1-8-13-17-21-24-27-29-31-32-34-36-38-40-44-48-52-62(75)72-65-69(84-55-53-58(6)50-46-42-20-16-11-4)67(88-91(80,81)82)60(12-5)86-70(65)85-57-61-66(77)68(83-54-49-45-41-26-23-19-15-10-3)64(71(87-61)89-90(7,78)79)73-63(76)56-59(74)51-47-43-39-37-35-33-30-28-25-22-18-14-9-2/h27-30,58,60-61,64-71,77H,8-26,31-57H2,1-7H3,(H,72,75)(H,73,76)(H,78,79)(H2,80,81,82)/b29-27-,30-28-/t58-,60-,61-,64-,65-,66-,67-,68-,69-,70-,71-/m1/s1. The van der Waals surface area contributed by atoms with E-state index < -0.39 is 95.6 Å². The topological polar surface area (TPSA) is 255 Å². The molecule has 2 saturated heterocycles. The highest BCUT2D eigenvalue weighted by atomic mass is 31.2. The molecule has 534 valence electrons. The molecule has 2 amide bonds. The van der Waals surface area contributed by atoms with Crippen LogP contribution in [0.15, 0.2) is 24.3 Å². The van der Waals surface area contributed by atoms with E-state index in [4.69, 9.17) is 32.7 Å². The van der Waals surface area contributed by atoms with Crippen LogP contribution < -0.4 is 10.6 Å². The van der Waals surface area contributed by atoms with E-state index in [1.54, 1.807) is 6.92 Å². The molecule has 20 heteroatoms. The number of phosphoric ester groups is 1. The molecule has 0 aromatic rings. The van der Waals surface area contributed by atoms with Crippen LogP contribution in [-0.4, -0.2) is 125 Å². The Bertz CT molecular complexity index is 1970. The first-order valence-electron chi connectivity index (χ1n) is 36.8. The third-order valence-corrected chi connectivity index (χ3v) is 18.7. The lowest BCUT2D eigenvalue weighted by Gasteiger charge is -2.47. The lowest BCUT2D eigenvalue weighted by atomic mass is 9.94. The van der Waals surface area contributed by atoms with Crippen molar-refractivity contribution in [1.82, 2.24) is 10.6 Å². The molecule has 1 unspecified atom stereocenters. The van der Waals surface area contributed by atoms with E-state index in [9.17, 15) is 43.3 Å². The zero-order valence-corrected chi connectivity index (χ0v) is 60.1. The van der Waals surface area contributed by atoms with Gasteiger partial charge in [-0.05, 0) is 89.4 Å². The maximum Gasteiger partial charge on any atom is 0.470 e. The molecule has 2 aliphatic heterocycles. The van der Waals surface area contributed by atoms with Gasteiger partial charge in [0.05, 0.1) is 19.1 Å². The van der Waals surface area contributed by atoms with Crippen molar-refractivity contribution >= 4 is 33.0 Å². The minimum atomic E-state index is -5.16. The summed E-state index contributed by atoms with van der Waals surface area (Å²) >= 11 is 0. The van der Waals surface area contributed by atoms with Gasteiger partial charge in [0.15, 0.2) is 12.6 Å². The van der Waals surface area contributed by atoms with Gasteiger partial charge in [-0.25, -0.2) is 4.57 Å². The summed E-state index contributed by atoms with van der Waals surface area (Å²) in [5.74, 6) is -1.02. The Morgan fingerprint density at radius 3 is 1.41 bits per heavy atom. The molecule has 6 N–H and O–H groups in total. The number of aliphatic hydroxyl groups excluding tert-OH is 1. The van der Waals surface area contributed by atoms with Crippen LogP contribution in [0.3, 0.4) is 0 Å². The minimum absolute atomic E-state index is 0.158. The van der Waals surface area contributed by atoms with E-state index in [2.05, 4.69) is 69.6 Å². The minimum Gasteiger partial charge on any atom is -0.388 e. The van der Waals surface area contributed by atoms with Crippen molar-refractivity contribution in [3.05, 3.63) is 24.3 Å². The molecule has 0 aromatic carbocycles. The van der Waals surface area contributed by atoms with Crippen molar-refractivity contribution in [3.8, 4) is 0 Å². The number of ether oxygens (including phenoxy) is 5. The molecule has 2 fully saturated rings. The van der Waals surface area contributed by atoms with Crippen molar-refractivity contribution in [2.75, 3.05) is 26.5 Å². The highest BCUT2D eigenvalue weighted by molar-refractivity contribution is 7.51. The highest BCUT2D eigenvalue weighted by Crippen LogP contribution is 2.44. The second-order valence-electron chi connectivity index (χ2n) is 26.4. The summed E-state index contributed by atoms with van der Waals surface area (Å²) in [5.41, 5.74) is 0. The molecule has 18 nitrogen and oxygen atoms in total. The van der Waals surface area contributed by atoms with Gasteiger partial charge in [-0.3, -0.25) is 28.0 Å². The Kier molecular flexibility index (Phi) is 50.7. The first-order chi connectivity index (χ1) is 43.9. The summed E-state index contributed by atoms with van der Waals surface area (Å²) in [6.07, 6.45) is 40.1. The number of hydrogen-bond donors (Lipinski definition) is 6. The number of carbonyl (C=O) groups excluding carboxylic acids is 3. The van der Waals surface area contributed by atoms with E-state index >= 15 is 0 Å². The Morgan fingerprint density at radius 1 is 0.473 bits per heavy atom. The van der Waals surface area contributed by atoms with Crippen LogP contribution in [0.5, 0.6) is 0 Å². The molecule has 0 saturated carbocycles. The molecular weight excluding hydrogens is 1200 g/mol. The van der Waals surface area contributed by atoms with Gasteiger partial charge >= 0.3 is 15.4 Å². The molecule has 12 atom stereocenters. The van der Waals surface area contributed by atoms with Gasteiger partial charge in [-0.2, -0.15) is 0 Å². The maximum atomic E-state index is 14.1. The van der Waals surface area contributed by atoms with Crippen molar-refractivity contribution in [2.24, 2.45) is 5.92 Å². The zero-order chi connectivity index (χ0) is 66.8. The zero-order valence-electron chi connectivity index (χ0n) is 58.3. The fraction of sp³-hybridized carbons (Fsp3) is 0.901. The van der Waals surface area contributed by atoms with Crippen LogP contribution in [-0.2, 0) is 56.2 Å². The second kappa shape index (κ2) is 54.2. The number of aliphatic hydroxyl groups is 1. The van der Waals surface area contributed by atoms with E-state index in [1.807, 2.05) is 0 Å². The second-order valence-corrected chi connectivity index (χ2v) is 29.4. The van der Waals surface area contributed by atoms with Crippen molar-refractivity contribution in [3.63, 3.8) is 0 Å². The number of nitrogens with one attached hydrogen (secondary N) is 2. The van der Waals surface area contributed by atoms with Crippen LogP contribution in [0.2, 0.25) is 0 Å². The van der Waals surface area contributed by atoms with Gasteiger partial charge in [0.25, 0.3) is 0 Å². The number of amides is 2. The average molecular weight is 1330 g/mol. The Morgan fingerprint density at radius 2 is 0.901 bits per heavy atom. The number of unbranched alkanes of at least 4 members (excludes halogenated alkanes) is 31. The number of allylic oxidation sites excluding steroid dienone is 4. The van der Waals surface area contributed by atoms with Crippen molar-refractivity contribution in [1.29, 1.82) is 0 Å². The van der Waals surface area contributed by atoms with E-state index in [0.717, 1.165) is 154 Å². The monoisotopic (exact) mass is 1330 g/mol. The third-order valence-electron chi connectivity index (χ3n) is 17.6. The van der Waals surface area contributed by atoms with Gasteiger partial charge in [0.1, 0.15) is 48.4 Å². The summed E-state index contributed by atoms with van der Waals surface area (Å²) < 4.78 is 69.5. The van der Waals surface area contributed by atoms with Crippen LogP contribution in [0, 0.1) is 5.92 Å². The largest absolute Gasteiger partial charge is 0.470 e. The molecule has 0 radical (unpaired) electrons. The number of carbonyl (C=O) groups is 3. The number of ketones is 1. The fourth-order valence-electron chi connectivity index (χ4n) is 12.2. The maximum absolute atomic E-state index is 14.1. The predicted molar refractivity (Wildman–Crippen MR) is 366 cm³/mol. The quantitative estimate of drug-likeness (QED) is 0.0143. The van der Waals surface area contributed by atoms with Gasteiger partial charge in [0.2, 0.25) is 11.8 Å². The average Bonchev–Trinajstić information content (AvgIpc) is 2.62. The molecule has 2 rings (SSSR count). The molecule has 0 aromatic heterocycles. The molecule has 0 bridgehead atoms. The van der Waals surface area contributed by atoms with E-state index in [0.29, 0.717) is 25.7 Å². The van der Waals surface area contributed by atoms with Gasteiger partial charge < -0.3 is 54.1 Å². The Hall–Kier alpha value is -1.89. The van der Waals surface area contributed by atoms with Crippen LogP contribution >= 0.6 is 15.4 Å². The van der Waals surface area contributed by atoms with E-state index in [-0.39, 0.29) is 50.1 Å². The number of rotatable bonds is 60. The summed E-state index contributed by atoms with van der Waals surface area (Å²) in [4.78, 5) is 72.5. The Labute approximate surface area is 552 Å². The molecule has 2 aliphatic rings. The summed E-state index contributed by atoms with van der Waals surface area (Å²) in [6, 6.07) is -2.52. The van der Waals surface area contributed by atoms with Gasteiger partial charge in [-0.15, -0.1) is 0 Å². The molecular formula is C71H134N2O16P2. The number of phosphoric acid groups is 1. The van der Waals surface area contributed by atoms with Crippen molar-refractivity contribution in [2.45, 2.75) is 379 Å². The summed E-state index contributed by atoms with van der Waals surface area (Å²) in [6.45, 7) is 13.6. The molecule has 91 heavy (non-hydrogen) atoms. The normalized spacial score (nSPS) is 23.2. The highest BCUT2D eigenvalue weighted by Gasteiger charge is 2.53. The Balaban J connectivity index is 2.36. The van der Waals surface area contributed by atoms with Crippen LogP contribution in [0.25, 0.3) is 0 Å². The van der Waals surface area contributed by atoms with Crippen molar-refractivity contribution < 1.29 is 76.0 Å². The first-order valence-corrected chi connectivity index (χ1v) is 40.4. The summed E-state index contributed by atoms with van der Waals surface area (Å²) in [7, 11) is -9.53. The molecule has 2 heterocycles. The first kappa shape index (κ1) is 85.2. The van der Waals surface area contributed by atoms with Crippen LogP contribution in [0.1, 0.15) is 318 Å². The molecule has 0 aliphatic carbocycles. The lowest BCUT2D eigenvalue weighted by molar-refractivity contribution is -0.297. The fourth-order valence-corrected chi connectivity index (χ4v) is 13.3. The van der Waals surface area contributed by atoms with Gasteiger partial charge in [0, 0.05) is 32.7 Å². The SMILES string of the molecule is CCCCCC/C=C\CCCCCCCCCC(=O)N[C@H]1[C@H](OC[C@H]2O[C@H](OP(C)(=O)O)[C@H](NC(=O)CC(=O)CCCCCCC/C=C\CCCCCC)[C@@H](OCCCCCCCCCC)[C@@H]2O)O[C@H](CC)[C@@H](OP(=O)(O)O)[C@@H]1OCC[C@H](C)CCCCCCC.